The molecule has 2 rings (SSSR count). The maximum Gasteiger partial charge on any atom is 0.251 e. The number of carbonyl (C=O) groups is 1. The number of benzene rings is 1. The highest BCUT2D eigenvalue weighted by Gasteiger charge is 2.13. The standard InChI is InChI=1S/C21H31N5O2/c1-5-18-17(19(6-2)28-26-18)14-25-21(22-7-3)24-12-11-23-20(27)16-10-8-9-15(4)13-16/h8-10,13H,5-7,11-12,14H2,1-4H3,(H,23,27)(H2,22,24,25). The minimum Gasteiger partial charge on any atom is -0.361 e. The lowest BCUT2D eigenvalue weighted by atomic mass is 10.1. The molecule has 0 saturated heterocycles. The molecule has 0 aliphatic carbocycles. The second-order valence-electron chi connectivity index (χ2n) is 6.49. The van der Waals surface area contributed by atoms with Gasteiger partial charge in [0.15, 0.2) is 5.96 Å². The highest BCUT2D eigenvalue weighted by atomic mass is 16.5. The molecule has 1 aromatic carbocycles. The van der Waals surface area contributed by atoms with E-state index < -0.39 is 0 Å². The van der Waals surface area contributed by atoms with E-state index in [0.717, 1.165) is 42.0 Å². The van der Waals surface area contributed by atoms with Gasteiger partial charge in [-0.2, -0.15) is 0 Å². The Labute approximate surface area is 167 Å². The van der Waals surface area contributed by atoms with Gasteiger partial charge >= 0.3 is 0 Å². The summed E-state index contributed by atoms with van der Waals surface area (Å²) in [7, 11) is 0. The summed E-state index contributed by atoms with van der Waals surface area (Å²) in [5.41, 5.74) is 3.77. The lowest BCUT2D eigenvalue weighted by molar-refractivity contribution is 0.0954. The van der Waals surface area contributed by atoms with Crippen molar-refractivity contribution in [1.29, 1.82) is 0 Å². The SMILES string of the molecule is CCNC(=NCc1c(CC)noc1CC)NCCNC(=O)c1cccc(C)c1. The molecule has 7 nitrogen and oxygen atoms in total. The van der Waals surface area contributed by atoms with E-state index in [1.165, 1.54) is 0 Å². The van der Waals surface area contributed by atoms with E-state index >= 15 is 0 Å². The molecule has 1 heterocycles. The normalized spacial score (nSPS) is 11.4. The van der Waals surface area contributed by atoms with Crippen LogP contribution in [0.5, 0.6) is 0 Å². The van der Waals surface area contributed by atoms with Crippen LogP contribution in [0.25, 0.3) is 0 Å². The van der Waals surface area contributed by atoms with Crippen molar-refractivity contribution in [3.63, 3.8) is 0 Å². The molecule has 152 valence electrons. The van der Waals surface area contributed by atoms with Gasteiger partial charge in [-0.15, -0.1) is 0 Å². The van der Waals surface area contributed by atoms with E-state index in [9.17, 15) is 4.79 Å². The molecule has 0 saturated carbocycles. The van der Waals surface area contributed by atoms with E-state index in [1.807, 2.05) is 45.0 Å². The Morgan fingerprint density at radius 1 is 1.11 bits per heavy atom. The highest BCUT2D eigenvalue weighted by Crippen LogP contribution is 2.16. The number of nitrogens with one attached hydrogen (secondary N) is 3. The van der Waals surface area contributed by atoms with Gasteiger partial charge in [-0.3, -0.25) is 4.79 Å². The first kappa shape index (κ1) is 21.5. The fraction of sp³-hybridized carbons (Fsp3) is 0.476. The van der Waals surface area contributed by atoms with Crippen molar-refractivity contribution in [2.24, 2.45) is 4.99 Å². The highest BCUT2D eigenvalue weighted by molar-refractivity contribution is 5.94. The molecule has 2 aromatic rings. The van der Waals surface area contributed by atoms with Crippen LogP contribution >= 0.6 is 0 Å². The van der Waals surface area contributed by atoms with Crippen molar-refractivity contribution in [3.05, 3.63) is 52.4 Å². The molecule has 3 N–H and O–H groups in total. The average Bonchev–Trinajstić information content (AvgIpc) is 3.11. The van der Waals surface area contributed by atoms with E-state index in [4.69, 9.17) is 4.52 Å². The molecular formula is C21H31N5O2. The van der Waals surface area contributed by atoms with Gasteiger partial charge in [0.1, 0.15) is 5.76 Å². The average molecular weight is 386 g/mol. The molecule has 7 heteroatoms. The van der Waals surface area contributed by atoms with Crippen LogP contribution in [-0.4, -0.2) is 36.7 Å². The first-order valence-electron chi connectivity index (χ1n) is 9.92. The predicted molar refractivity (Wildman–Crippen MR) is 112 cm³/mol. The van der Waals surface area contributed by atoms with Crippen LogP contribution in [0, 0.1) is 6.92 Å². The Morgan fingerprint density at radius 3 is 2.57 bits per heavy atom. The van der Waals surface area contributed by atoms with Crippen molar-refractivity contribution >= 4 is 11.9 Å². The topological polar surface area (TPSA) is 91.6 Å². The molecule has 0 radical (unpaired) electrons. The fourth-order valence-electron chi connectivity index (χ4n) is 2.86. The lowest BCUT2D eigenvalue weighted by Crippen LogP contribution is -2.41. The van der Waals surface area contributed by atoms with Gasteiger partial charge in [0.25, 0.3) is 5.91 Å². The zero-order valence-corrected chi connectivity index (χ0v) is 17.3. The Hall–Kier alpha value is -2.83. The Kier molecular flexibility index (Phi) is 8.52. The smallest absolute Gasteiger partial charge is 0.251 e. The largest absolute Gasteiger partial charge is 0.361 e. The number of guanidine groups is 1. The van der Waals surface area contributed by atoms with E-state index in [1.54, 1.807) is 0 Å². The van der Waals surface area contributed by atoms with Crippen molar-refractivity contribution in [2.75, 3.05) is 19.6 Å². The predicted octanol–water partition coefficient (Wildman–Crippen LogP) is 2.59. The maximum atomic E-state index is 12.2. The molecule has 0 bridgehead atoms. The molecule has 0 spiro atoms. The quantitative estimate of drug-likeness (QED) is 0.351. The van der Waals surface area contributed by atoms with Gasteiger partial charge in [-0.25, -0.2) is 4.99 Å². The number of nitrogens with zero attached hydrogens (tertiary/aromatic N) is 2. The second-order valence-corrected chi connectivity index (χ2v) is 6.49. The van der Waals surface area contributed by atoms with Crippen molar-refractivity contribution in [2.45, 2.75) is 47.1 Å². The van der Waals surface area contributed by atoms with Gasteiger partial charge in [0.2, 0.25) is 0 Å². The van der Waals surface area contributed by atoms with E-state index in [0.29, 0.717) is 31.2 Å². The summed E-state index contributed by atoms with van der Waals surface area (Å²) < 4.78 is 5.40. The molecule has 28 heavy (non-hydrogen) atoms. The maximum absolute atomic E-state index is 12.2. The number of amides is 1. The molecule has 0 unspecified atom stereocenters. The first-order valence-corrected chi connectivity index (χ1v) is 9.92. The summed E-state index contributed by atoms with van der Waals surface area (Å²) >= 11 is 0. The molecule has 0 aliphatic heterocycles. The van der Waals surface area contributed by atoms with Crippen LogP contribution in [-0.2, 0) is 19.4 Å². The van der Waals surface area contributed by atoms with Crippen LogP contribution in [0.3, 0.4) is 0 Å². The van der Waals surface area contributed by atoms with Crippen LogP contribution in [0.1, 0.15) is 53.7 Å². The summed E-state index contributed by atoms with van der Waals surface area (Å²) in [6, 6.07) is 7.56. The molecular weight excluding hydrogens is 354 g/mol. The minimum atomic E-state index is -0.0721. The molecule has 0 aliphatic rings. The number of carbonyl (C=O) groups excluding carboxylic acids is 1. The van der Waals surface area contributed by atoms with E-state index in [2.05, 4.69) is 33.0 Å². The number of aryl methyl sites for hydroxylation is 3. The van der Waals surface area contributed by atoms with Crippen molar-refractivity contribution in [1.82, 2.24) is 21.1 Å². The number of aliphatic imine (C=N–C) groups is 1. The number of hydrogen-bond donors (Lipinski definition) is 3. The summed E-state index contributed by atoms with van der Waals surface area (Å²) in [4.78, 5) is 16.8. The Morgan fingerprint density at radius 2 is 1.89 bits per heavy atom. The third kappa shape index (κ3) is 6.11. The summed E-state index contributed by atoms with van der Waals surface area (Å²) in [6.45, 7) is 10.5. The zero-order chi connectivity index (χ0) is 20.4. The zero-order valence-electron chi connectivity index (χ0n) is 17.3. The number of aromatic nitrogens is 1. The minimum absolute atomic E-state index is 0.0721. The van der Waals surface area contributed by atoms with Crippen LogP contribution < -0.4 is 16.0 Å². The van der Waals surface area contributed by atoms with Gasteiger partial charge in [0.05, 0.1) is 12.2 Å². The van der Waals surface area contributed by atoms with Gasteiger partial charge < -0.3 is 20.5 Å². The van der Waals surface area contributed by atoms with Crippen molar-refractivity contribution in [3.8, 4) is 0 Å². The fourth-order valence-corrected chi connectivity index (χ4v) is 2.86. The van der Waals surface area contributed by atoms with Crippen LogP contribution in [0.15, 0.2) is 33.8 Å². The summed E-state index contributed by atoms with van der Waals surface area (Å²) in [6.07, 6.45) is 1.62. The number of hydrogen-bond acceptors (Lipinski definition) is 4. The van der Waals surface area contributed by atoms with Gasteiger partial charge in [-0.05, 0) is 32.4 Å². The van der Waals surface area contributed by atoms with Crippen LogP contribution in [0.4, 0.5) is 0 Å². The monoisotopic (exact) mass is 385 g/mol. The van der Waals surface area contributed by atoms with Gasteiger partial charge in [-0.1, -0.05) is 36.7 Å². The van der Waals surface area contributed by atoms with Crippen LogP contribution in [0.2, 0.25) is 0 Å². The second kappa shape index (κ2) is 11.1. The molecule has 1 aromatic heterocycles. The molecule has 1 amide bonds. The number of rotatable bonds is 9. The lowest BCUT2D eigenvalue weighted by Gasteiger charge is -2.12. The third-order valence-corrected chi connectivity index (χ3v) is 4.33. The molecule has 0 atom stereocenters. The van der Waals surface area contributed by atoms with Gasteiger partial charge in [0, 0.05) is 37.2 Å². The Bertz CT molecular complexity index is 776. The van der Waals surface area contributed by atoms with E-state index in [-0.39, 0.29) is 5.91 Å². The Balaban J connectivity index is 1.88. The molecule has 0 fully saturated rings. The van der Waals surface area contributed by atoms with Crippen molar-refractivity contribution < 1.29 is 9.32 Å². The summed E-state index contributed by atoms with van der Waals surface area (Å²) in [5, 5.41) is 13.5. The first-order chi connectivity index (χ1) is 13.6. The third-order valence-electron chi connectivity index (χ3n) is 4.33. The summed E-state index contributed by atoms with van der Waals surface area (Å²) in [5.74, 6) is 1.52.